The molecular formula is C24H24N4S. The van der Waals surface area contributed by atoms with Crippen LogP contribution in [0.5, 0.6) is 0 Å². The fourth-order valence-corrected chi connectivity index (χ4v) is 4.86. The summed E-state index contributed by atoms with van der Waals surface area (Å²) in [6.07, 6.45) is 1.03. The molecule has 4 nitrogen and oxygen atoms in total. The lowest BCUT2D eigenvalue weighted by molar-refractivity contribution is 0.649. The Morgan fingerprint density at radius 1 is 0.828 bits per heavy atom. The van der Waals surface area contributed by atoms with Gasteiger partial charge in [-0.1, -0.05) is 55.5 Å². The Hall–Kier alpha value is -2.92. The number of aryl methyl sites for hydroxylation is 1. The van der Waals surface area contributed by atoms with Gasteiger partial charge in [0.25, 0.3) is 0 Å². The lowest BCUT2D eigenvalue weighted by Gasteiger charge is -2.37. The topological polar surface area (TPSA) is 32.3 Å². The van der Waals surface area contributed by atoms with Crippen LogP contribution in [0.2, 0.25) is 0 Å². The average Bonchev–Trinajstić information content (AvgIpc) is 3.23. The number of nitrogens with zero attached hydrogens (tertiary/aromatic N) is 4. The number of anilines is 2. The molecule has 0 aliphatic carbocycles. The predicted molar refractivity (Wildman–Crippen MR) is 123 cm³/mol. The molecule has 29 heavy (non-hydrogen) atoms. The minimum atomic E-state index is 0.822. The van der Waals surface area contributed by atoms with E-state index in [4.69, 9.17) is 9.97 Å². The summed E-state index contributed by atoms with van der Waals surface area (Å²) in [6.45, 7) is 6.13. The highest BCUT2D eigenvalue weighted by Crippen LogP contribution is 2.34. The van der Waals surface area contributed by atoms with Gasteiger partial charge >= 0.3 is 0 Å². The van der Waals surface area contributed by atoms with Crippen LogP contribution in [0.4, 0.5) is 11.5 Å². The van der Waals surface area contributed by atoms with Gasteiger partial charge < -0.3 is 9.80 Å². The van der Waals surface area contributed by atoms with Gasteiger partial charge in [0, 0.05) is 42.3 Å². The smallest absolute Gasteiger partial charge is 0.163 e. The Bertz CT molecular complexity index is 1100. The lowest BCUT2D eigenvalue weighted by Crippen LogP contribution is -2.46. The van der Waals surface area contributed by atoms with Crippen LogP contribution < -0.4 is 9.80 Å². The fraction of sp³-hybridized carbons (Fsp3) is 0.250. The molecular weight excluding hydrogens is 376 g/mol. The number of piperazine rings is 1. The van der Waals surface area contributed by atoms with Crippen LogP contribution in [-0.2, 0) is 6.42 Å². The summed E-state index contributed by atoms with van der Waals surface area (Å²) < 4.78 is 0. The monoisotopic (exact) mass is 400 g/mol. The summed E-state index contributed by atoms with van der Waals surface area (Å²) in [4.78, 5) is 17.3. The van der Waals surface area contributed by atoms with Gasteiger partial charge in [-0.2, -0.15) is 0 Å². The molecule has 0 spiro atoms. The highest BCUT2D eigenvalue weighted by Gasteiger charge is 2.22. The summed E-state index contributed by atoms with van der Waals surface area (Å²) >= 11 is 1.79. The lowest BCUT2D eigenvalue weighted by atomic mass is 10.2. The van der Waals surface area contributed by atoms with Gasteiger partial charge in [0.15, 0.2) is 5.82 Å². The molecule has 1 aliphatic rings. The molecule has 0 bridgehead atoms. The highest BCUT2D eigenvalue weighted by molar-refractivity contribution is 7.18. The maximum atomic E-state index is 5.04. The van der Waals surface area contributed by atoms with E-state index in [0.29, 0.717) is 0 Å². The van der Waals surface area contributed by atoms with Gasteiger partial charge in [-0.15, -0.1) is 11.3 Å². The standard InChI is InChI=1S/C24H24N4S/c1-2-20-17-21-23(25-22(26-24(21)29-20)18-9-5-3-6-10-18)28-15-13-27(14-16-28)19-11-7-4-8-12-19/h3-12,17H,2,13-16H2,1H3. The zero-order valence-electron chi connectivity index (χ0n) is 16.6. The van der Waals surface area contributed by atoms with Crippen LogP contribution in [0.25, 0.3) is 21.6 Å². The second kappa shape index (κ2) is 7.84. The first kappa shape index (κ1) is 18.1. The third-order valence-electron chi connectivity index (χ3n) is 5.50. The predicted octanol–water partition coefficient (Wildman–Crippen LogP) is 5.25. The number of hydrogen-bond donors (Lipinski definition) is 0. The maximum absolute atomic E-state index is 5.04. The summed E-state index contributed by atoms with van der Waals surface area (Å²) in [5, 5.41) is 1.19. The number of rotatable bonds is 4. The van der Waals surface area contributed by atoms with Crippen molar-refractivity contribution in [3.63, 3.8) is 0 Å². The number of thiophene rings is 1. The van der Waals surface area contributed by atoms with Crippen molar-refractivity contribution in [2.75, 3.05) is 36.0 Å². The molecule has 1 saturated heterocycles. The van der Waals surface area contributed by atoms with Crippen molar-refractivity contribution in [3.05, 3.63) is 71.6 Å². The molecule has 2 aromatic carbocycles. The van der Waals surface area contributed by atoms with Crippen molar-refractivity contribution in [1.29, 1.82) is 0 Å². The van der Waals surface area contributed by atoms with E-state index in [1.807, 2.05) is 18.2 Å². The number of aromatic nitrogens is 2. The summed E-state index contributed by atoms with van der Waals surface area (Å²) in [5.74, 6) is 1.90. The fourth-order valence-electron chi connectivity index (χ4n) is 3.90. The van der Waals surface area contributed by atoms with Crippen molar-refractivity contribution in [2.45, 2.75) is 13.3 Å². The van der Waals surface area contributed by atoms with Crippen LogP contribution in [0.15, 0.2) is 66.7 Å². The Labute approximate surface area is 175 Å². The molecule has 5 rings (SSSR count). The van der Waals surface area contributed by atoms with E-state index in [9.17, 15) is 0 Å². The third kappa shape index (κ3) is 3.58. The van der Waals surface area contributed by atoms with Crippen molar-refractivity contribution in [1.82, 2.24) is 9.97 Å². The first-order valence-corrected chi connectivity index (χ1v) is 11.0. The number of benzene rings is 2. The van der Waals surface area contributed by atoms with Crippen molar-refractivity contribution < 1.29 is 0 Å². The summed E-state index contributed by atoms with van der Waals surface area (Å²) in [6, 6.07) is 23.3. The van der Waals surface area contributed by atoms with Crippen LogP contribution in [0.1, 0.15) is 11.8 Å². The van der Waals surface area contributed by atoms with Crippen LogP contribution in [0.3, 0.4) is 0 Å². The van der Waals surface area contributed by atoms with Crippen LogP contribution in [0, 0.1) is 0 Å². The minimum absolute atomic E-state index is 0.822. The molecule has 0 N–H and O–H groups in total. The van der Waals surface area contributed by atoms with E-state index in [-0.39, 0.29) is 0 Å². The van der Waals surface area contributed by atoms with Crippen molar-refractivity contribution in [2.24, 2.45) is 0 Å². The second-order valence-electron chi connectivity index (χ2n) is 7.33. The average molecular weight is 401 g/mol. The Kier molecular flexibility index (Phi) is 4.90. The Balaban J connectivity index is 1.49. The SMILES string of the molecule is CCc1cc2c(N3CCN(c4ccccc4)CC3)nc(-c3ccccc3)nc2s1. The molecule has 1 aliphatic heterocycles. The summed E-state index contributed by atoms with van der Waals surface area (Å²) in [5.41, 5.74) is 2.37. The second-order valence-corrected chi connectivity index (χ2v) is 8.45. The Morgan fingerprint density at radius 2 is 1.48 bits per heavy atom. The van der Waals surface area contributed by atoms with Gasteiger partial charge in [-0.05, 0) is 24.6 Å². The minimum Gasteiger partial charge on any atom is -0.368 e. The molecule has 4 aromatic rings. The molecule has 0 radical (unpaired) electrons. The number of fused-ring (bicyclic) bond motifs is 1. The molecule has 5 heteroatoms. The zero-order valence-corrected chi connectivity index (χ0v) is 17.4. The molecule has 0 saturated carbocycles. The van der Waals surface area contributed by atoms with Gasteiger partial charge in [-0.25, -0.2) is 9.97 Å². The van der Waals surface area contributed by atoms with Gasteiger partial charge in [0.05, 0.1) is 5.39 Å². The summed E-state index contributed by atoms with van der Waals surface area (Å²) in [7, 11) is 0. The normalized spacial score (nSPS) is 14.5. The van der Waals surface area contributed by atoms with Crippen molar-refractivity contribution >= 4 is 33.1 Å². The van der Waals surface area contributed by atoms with Gasteiger partial charge in [0.2, 0.25) is 0 Å². The number of hydrogen-bond acceptors (Lipinski definition) is 5. The van der Waals surface area contributed by atoms with E-state index in [1.54, 1.807) is 11.3 Å². The molecule has 1 fully saturated rings. The first-order valence-electron chi connectivity index (χ1n) is 10.2. The van der Waals surface area contributed by atoms with E-state index in [1.165, 1.54) is 16.0 Å². The van der Waals surface area contributed by atoms with E-state index in [2.05, 4.69) is 65.3 Å². The van der Waals surface area contributed by atoms with Gasteiger partial charge in [0.1, 0.15) is 10.6 Å². The van der Waals surface area contributed by atoms with Gasteiger partial charge in [-0.3, -0.25) is 0 Å². The van der Waals surface area contributed by atoms with Crippen molar-refractivity contribution in [3.8, 4) is 11.4 Å². The number of para-hydroxylation sites is 1. The maximum Gasteiger partial charge on any atom is 0.163 e. The largest absolute Gasteiger partial charge is 0.368 e. The van der Waals surface area contributed by atoms with E-state index >= 15 is 0 Å². The van der Waals surface area contributed by atoms with Crippen LogP contribution >= 0.6 is 11.3 Å². The van der Waals surface area contributed by atoms with Crippen LogP contribution in [-0.4, -0.2) is 36.1 Å². The zero-order chi connectivity index (χ0) is 19.6. The molecule has 0 unspecified atom stereocenters. The molecule has 2 aromatic heterocycles. The Morgan fingerprint density at radius 3 is 2.17 bits per heavy atom. The highest BCUT2D eigenvalue weighted by atomic mass is 32.1. The van der Waals surface area contributed by atoms with E-state index < -0.39 is 0 Å². The first-order chi connectivity index (χ1) is 14.3. The molecule has 0 amide bonds. The quantitative estimate of drug-likeness (QED) is 0.468. The molecule has 0 atom stereocenters. The third-order valence-corrected chi connectivity index (χ3v) is 6.68. The molecule has 3 heterocycles. The van der Waals surface area contributed by atoms with E-state index in [0.717, 1.165) is 54.6 Å². The molecule has 146 valence electrons.